The van der Waals surface area contributed by atoms with E-state index in [1.165, 1.54) is 6.08 Å². The molecule has 6 heteroatoms. The van der Waals surface area contributed by atoms with Crippen LogP contribution in [-0.2, 0) is 15.0 Å². The summed E-state index contributed by atoms with van der Waals surface area (Å²) >= 11 is 0. The lowest BCUT2D eigenvalue weighted by Gasteiger charge is -2.30. The molecule has 0 spiro atoms. The number of nitriles is 2. The van der Waals surface area contributed by atoms with Crippen LogP contribution >= 0.6 is 0 Å². The Balaban J connectivity index is 2.24. The Kier molecular flexibility index (Phi) is 4.27. The third-order valence-electron chi connectivity index (χ3n) is 4.73. The van der Waals surface area contributed by atoms with Gasteiger partial charge in [-0.1, -0.05) is 23.8 Å². The minimum Gasteiger partial charge on any atom is -0.480 e. The molecule has 6 nitrogen and oxygen atoms in total. The smallest absolute Gasteiger partial charge is 0.331 e. The van der Waals surface area contributed by atoms with Crippen LogP contribution in [0.1, 0.15) is 30.0 Å². The summed E-state index contributed by atoms with van der Waals surface area (Å²) in [5.74, 6) is -2.30. The molecular formula is C21H14N2O4. The summed E-state index contributed by atoms with van der Waals surface area (Å²) < 4.78 is 0. The lowest BCUT2D eigenvalue weighted by atomic mass is 9.71. The van der Waals surface area contributed by atoms with Gasteiger partial charge in [0.15, 0.2) is 0 Å². The maximum absolute atomic E-state index is 12.2. The summed E-state index contributed by atoms with van der Waals surface area (Å²) in [4.78, 5) is 23.6. The lowest BCUT2D eigenvalue weighted by molar-refractivity contribution is -0.142. The van der Waals surface area contributed by atoms with Crippen molar-refractivity contribution in [2.75, 3.05) is 0 Å². The van der Waals surface area contributed by atoms with Crippen LogP contribution in [0.25, 0.3) is 10.8 Å². The number of nitrogens with zero attached hydrogens (tertiary/aromatic N) is 2. The van der Waals surface area contributed by atoms with E-state index in [0.717, 1.165) is 0 Å². The van der Waals surface area contributed by atoms with Crippen LogP contribution in [0.15, 0.2) is 53.6 Å². The number of hydrogen-bond donors (Lipinski definition) is 2. The fraction of sp³-hybridized carbons (Fsp3) is 0.143. The largest absolute Gasteiger partial charge is 0.480 e. The van der Waals surface area contributed by atoms with Gasteiger partial charge in [0, 0.05) is 12.0 Å². The first-order valence-corrected chi connectivity index (χ1v) is 8.06. The van der Waals surface area contributed by atoms with Gasteiger partial charge in [-0.15, -0.1) is 0 Å². The van der Waals surface area contributed by atoms with Crippen molar-refractivity contribution in [2.45, 2.75) is 18.8 Å². The minimum absolute atomic E-state index is 0.0232. The van der Waals surface area contributed by atoms with Crippen LogP contribution in [0, 0.1) is 22.7 Å². The van der Waals surface area contributed by atoms with Gasteiger partial charge in [-0.25, -0.2) is 4.79 Å². The highest BCUT2D eigenvalue weighted by molar-refractivity contribution is 5.95. The molecule has 1 aliphatic rings. The van der Waals surface area contributed by atoms with Gasteiger partial charge in [-0.05, 0) is 47.5 Å². The predicted octanol–water partition coefficient (Wildman–Crippen LogP) is 3.27. The molecule has 1 unspecified atom stereocenters. The van der Waals surface area contributed by atoms with Crippen molar-refractivity contribution in [3.8, 4) is 12.1 Å². The highest BCUT2D eigenvalue weighted by Gasteiger charge is 2.42. The van der Waals surface area contributed by atoms with Crippen LogP contribution in [0.3, 0.4) is 0 Å². The van der Waals surface area contributed by atoms with E-state index in [1.54, 1.807) is 43.3 Å². The third kappa shape index (κ3) is 2.94. The Bertz CT molecular complexity index is 1150. The van der Waals surface area contributed by atoms with Crippen molar-refractivity contribution < 1.29 is 19.8 Å². The maximum atomic E-state index is 12.2. The Morgan fingerprint density at radius 2 is 1.67 bits per heavy atom. The molecule has 0 aliphatic heterocycles. The number of benzene rings is 2. The summed E-state index contributed by atoms with van der Waals surface area (Å²) in [6.45, 7) is 1.66. The van der Waals surface area contributed by atoms with Crippen molar-refractivity contribution in [1.82, 2.24) is 0 Å². The van der Waals surface area contributed by atoms with E-state index in [-0.39, 0.29) is 23.1 Å². The van der Waals surface area contributed by atoms with Gasteiger partial charge in [0.25, 0.3) is 0 Å². The lowest BCUT2D eigenvalue weighted by Crippen LogP contribution is -2.37. The average molecular weight is 358 g/mol. The predicted molar refractivity (Wildman–Crippen MR) is 96.8 cm³/mol. The van der Waals surface area contributed by atoms with Gasteiger partial charge >= 0.3 is 11.9 Å². The summed E-state index contributed by atoms with van der Waals surface area (Å²) in [6.07, 6.45) is 2.84. The molecular weight excluding hydrogens is 344 g/mol. The number of fused-ring (bicyclic) bond motifs is 1. The van der Waals surface area contributed by atoms with Crippen LogP contribution in [-0.4, -0.2) is 22.2 Å². The standard InChI is InChI=1S/C21H14N2O4/c1-12-4-15(19(24)25)9-21(8-12,20(26)27)18-3-2-13-5-16(10-22)17(11-23)6-14(13)7-18/h2-8H,9H2,1H3,(H,24,25)(H,26,27). The molecule has 0 heterocycles. The second-order valence-electron chi connectivity index (χ2n) is 6.50. The van der Waals surface area contributed by atoms with E-state index < -0.39 is 17.4 Å². The molecule has 132 valence electrons. The molecule has 2 aromatic carbocycles. The highest BCUT2D eigenvalue weighted by Crippen LogP contribution is 2.39. The minimum atomic E-state index is -1.51. The Labute approximate surface area is 154 Å². The quantitative estimate of drug-likeness (QED) is 0.868. The summed E-state index contributed by atoms with van der Waals surface area (Å²) in [6, 6.07) is 12.0. The van der Waals surface area contributed by atoms with Crippen molar-refractivity contribution in [1.29, 1.82) is 10.5 Å². The zero-order valence-corrected chi connectivity index (χ0v) is 14.4. The molecule has 27 heavy (non-hydrogen) atoms. The fourth-order valence-electron chi connectivity index (χ4n) is 3.45. The first kappa shape index (κ1) is 17.9. The number of aliphatic carboxylic acids is 2. The molecule has 0 amide bonds. The second-order valence-corrected chi connectivity index (χ2v) is 6.50. The van der Waals surface area contributed by atoms with Crippen LogP contribution in [0.4, 0.5) is 0 Å². The van der Waals surface area contributed by atoms with E-state index in [4.69, 9.17) is 5.26 Å². The van der Waals surface area contributed by atoms with Crippen LogP contribution in [0.5, 0.6) is 0 Å². The van der Waals surface area contributed by atoms with Crippen molar-refractivity contribution in [3.63, 3.8) is 0 Å². The summed E-state index contributed by atoms with van der Waals surface area (Å²) in [7, 11) is 0. The SMILES string of the molecule is CC1=CC(C(=O)O)(c2ccc3cc(C#N)c(C#N)cc3c2)CC(C(=O)O)=C1. The molecule has 0 fully saturated rings. The maximum Gasteiger partial charge on any atom is 0.331 e. The normalized spacial score (nSPS) is 18.8. The van der Waals surface area contributed by atoms with E-state index >= 15 is 0 Å². The fourth-order valence-corrected chi connectivity index (χ4v) is 3.45. The van der Waals surface area contributed by atoms with E-state index in [2.05, 4.69) is 0 Å². The van der Waals surface area contributed by atoms with Gasteiger partial charge in [-0.3, -0.25) is 4.79 Å². The number of carboxylic acid groups (broad SMARTS) is 2. The van der Waals surface area contributed by atoms with Gasteiger partial charge in [-0.2, -0.15) is 10.5 Å². The number of carbonyl (C=O) groups is 2. The van der Waals surface area contributed by atoms with Crippen LogP contribution in [0.2, 0.25) is 0 Å². The highest BCUT2D eigenvalue weighted by atomic mass is 16.4. The third-order valence-corrected chi connectivity index (χ3v) is 4.73. The molecule has 2 N–H and O–H groups in total. The molecule has 1 atom stereocenters. The first-order chi connectivity index (χ1) is 12.8. The monoisotopic (exact) mass is 358 g/mol. The zero-order chi connectivity index (χ0) is 19.8. The van der Waals surface area contributed by atoms with Gasteiger partial charge in [0.1, 0.15) is 17.6 Å². The second kappa shape index (κ2) is 6.44. The number of rotatable bonds is 3. The van der Waals surface area contributed by atoms with E-state index in [0.29, 0.717) is 21.9 Å². The summed E-state index contributed by atoms with van der Waals surface area (Å²) in [5.41, 5.74) is -0.0687. The number of allylic oxidation sites excluding steroid dienone is 2. The molecule has 0 aromatic heterocycles. The van der Waals surface area contributed by atoms with Crippen LogP contribution < -0.4 is 0 Å². The topological polar surface area (TPSA) is 122 Å². The van der Waals surface area contributed by atoms with Crippen molar-refractivity contribution >= 4 is 22.7 Å². The Morgan fingerprint density at radius 1 is 1.04 bits per heavy atom. The van der Waals surface area contributed by atoms with E-state index in [1.807, 2.05) is 12.1 Å². The molecule has 0 radical (unpaired) electrons. The molecule has 2 aromatic rings. The molecule has 0 saturated heterocycles. The Morgan fingerprint density at radius 3 is 2.22 bits per heavy atom. The zero-order valence-electron chi connectivity index (χ0n) is 14.4. The van der Waals surface area contributed by atoms with Gasteiger partial charge < -0.3 is 10.2 Å². The molecule has 1 aliphatic carbocycles. The average Bonchev–Trinajstić information content (AvgIpc) is 2.65. The molecule has 0 bridgehead atoms. The van der Waals surface area contributed by atoms with Gasteiger partial charge in [0.05, 0.1) is 11.1 Å². The first-order valence-electron chi connectivity index (χ1n) is 8.06. The number of carboxylic acids is 2. The Hall–Kier alpha value is -3.90. The molecule has 0 saturated carbocycles. The van der Waals surface area contributed by atoms with E-state index in [9.17, 15) is 25.1 Å². The molecule has 3 rings (SSSR count). The van der Waals surface area contributed by atoms with Crippen molar-refractivity contribution in [2.24, 2.45) is 0 Å². The number of hydrogen-bond acceptors (Lipinski definition) is 4. The van der Waals surface area contributed by atoms with Gasteiger partial charge in [0.2, 0.25) is 0 Å². The summed E-state index contributed by atoms with van der Waals surface area (Å²) in [5, 5.41) is 39.0. The van der Waals surface area contributed by atoms with Crippen molar-refractivity contribution in [3.05, 3.63) is 70.3 Å².